The minimum atomic E-state index is 0.824. The van der Waals surface area contributed by atoms with Crippen molar-refractivity contribution >= 4 is 21.2 Å². The van der Waals surface area contributed by atoms with Crippen molar-refractivity contribution in [2.24, 2.45) is 0 Å². The molecule has 22 heavy (non-hydrogen) atoms. The van der Waals surface area contributed by atoms with Gasteiger partial charge >= 0.3 is 0 Å². The van der Waals surface area contributed by atoms with Crippen LogP contribution in [-0.2, 0) is 0 Å². The van der Waals surface area contributed by atoms with Crippen molar-refractivity contribution in [1.82, 2.24) is 4.81 Å². The van der Waals surface area contributed by atoms with Crippen LogP contribution in [0.3, 0.4) is 0 Å². The van der Waals surface area contributed by atoms with E-state index < -0.39 is 0 Å². The maximum Gasteiger partial charge on any atom is 0.188 e. The molecule has 3 rings (SSSR count). The summed E-state index contributed by atoms with van der Waals surface area (Å²) in [6, 6.07) is 0.824. The van der Waals surface area contributed by atoms with Crippen LogP contribution in [0, 0.1) is 0 Å². The Morgan fingerprint density at radius 3 is 2.27 bits per heavy atom. The third-order valence-corrected chi connectivity index (χ3v) is 7.42. The standard InChI is InChI=1S/C18H36B3N/c1-16-18(19)17-12-8-4-2-5-9-13-20(17)21-14-10-6-3-7-11-15-22(16)21/h16-18H,2-15,19H2,1H3. The van der Waals surface area contributed by atoms with Crippen LogP contribution in [0.2, 0.25) is 24.3 Å². The van der Waals surface area contributed by atoms with Gasteiger partial charge in [-0.3, -0.25) is 0 Å². The Labute approximate surface area is 140 Å². The molecule has 0 radical (unpaired) electrons. The first kappa shape index (κ1) is 17.0. The molecule has 3 fully saturated rings. The smallest absolute Gasteiger partial charge is 0.188 e. The molecule has 122 valence electrons. The van der Waals surface area contributed by atoms with Gasteiger partial charge < -0.3 is 4.81 Å². The van der Waals surface area contributed by atoms with Crippen LogP contribution in [0.1, 0.15) is 77.6 Å². The molecule has 0 spiro atoms. The second-order valence-electron chi connectivity index (χ2n) is 8.63. The second kappa shape index (κ2) is 8.31. The summed E-state index contributed by atoms with van der Waals surface area (Å²) in [5.74, 6) is 1.94. The van der Waals surface area contributed by atoms with Gasteiger partial charge in [0, 0.05) is 0 Å². The topological polar surface area (TPSA) is 3.24 Å². The van der Waals surface area contributed by atoms with Gasteiger partial charge in [-0.15, -0.1) is 0 Å². The van der Waals surface area contributed by atoms with Crippen LogP contribution >= 0.6 is 0 Å². The summed E-state index contributed by atoms with van der Waals surface area (Å²) in [6.07, 6.45) is 19.5. The molecule has 4 heteroatoms. The van der Waals surface area contributed by atoms with Crippen LogP contribution in [0.4, 0.5) is 0 Å². The zero-order chi connectivity index (χ0) is 15.4. The predicted molar refractivity (Wildman–Crippen MR) is 104 cm³/mol. The maximum absolute atomic E-state index is 2.98. The van der Waals surface area contributed by atoms with Gasteiger partial charge in [-0.1, -0.05) is 95.4 Å². The fourth-order valence-electron chi connectivity index (χ4n) is 5.98. The zero-order valence-corrected chi connectivity index (χ0v) is 15.2. The molecule has 0 bridgehead atoms. The van der Waals surface area contributed by atoms with Gasteiger partial charge in [0.05, 0.1) is 0 Å². The van der Waals surface area contributed by atoms with E-state index in [9.17, 15) is 0 Å². The fourth-order valence-corrected chi connectivity index (χ4v) is 5.98. The first-order valence-corrected chi connectivity index (χ1v) is 10.5. The lowest BCUT2D eigenvalue weighted by Crippen LogP contribution is -2.62. The Balaban J connectivity index is 1.81. The molecule has 1 nitrogen and oxygen atoms in total. The molecule has 3 aliphatic heterocycles. The average molecular weight is 299 g/mol. The van der Waals surface area contributed by atoms with Gasteiger partial charge in [0.15, 0.2) is 6.74 Å². The van der Waals surface area contributed by atoms with E-state index in [-0.39, 0.29) is 0 Å². The van der Waals surface area contributed by atoms with Gasteiger partial charge in [0.25, 0.3) is 0 Å². The van der Waals surface area contributed by atoms with Crippen LogP contribution in [0.25, 0.3) is 0 Å². The number of rotatable bonds is 0. The van der Waals surface area contributed by atoms with E-state index in [2.05, 4.69) is 19.6 Å². The molecule has 0 saturated carbocycles. The highest BCUT2D eigenvalue weighted by Gasteiger charge is 2.47. The lowest BCUT2D eigenvalue weighted by molar-refractivity contribution is 0.304. The van der Waals surface area contributed by atoms with Gasteiger partial charge in [-0.2, -0.15) is 0 Å². The Bertz CT molecular complexity index is 306. The molecular weight excluding hydrogens is 263 g/mol. The molecule has 0 aromatic heterocycles. The van der Waals surface area contributed by atoms with Crippen molar-refractivity contribution in [3.8, 4) is 0 Å². The Kier molecular flexibility index (Phi) is 6.42. The van der Waals surface area contributed by atoms with E-state index in [0.717, 1.165) is 31.0 Å². The minimum Gasteiger partial charge on any atom is -0.347 e. The van der Waals surface area contributed by atoms with Crippen LogP contribution in [-0.4, -0.2) is 38.6 Å². The van der Waals surface area contributed by atoms with Crippen molar-refractivity contribution in [3.63, 3.8) is 0 Å². The summed E-state index contributed by atoms with van der Waals surface area (Å²) in [6.45, 7) is 5.88. The van der Waals surface area contributed by atoms with Gasteiger partial charge in [0.1, 0.15) is 14.4 Å². The molecule has 3 heterocycles. The first-order valence-electron chi connectivity index (χ1n) is 10.5. The Morgan fingerprint density at radius 1 is 0.818 bits per heavy atom. The van der Waals surface area contributed by atoms with E-state index in [1.54, 1.807) is 0 Å². The molecule has 0 amide bonds. The van der Waals surface area contributed by atoms with Gasteiger partial charge in [-0.05, 0) is 19.0 Å². The molecule has 0 aromatic rings. The number of hydrogen-bond donors (Lipinski definition) is 0. The highest BCUT2D eigenvalue weighted by molar-refractivity contribution is 7.22. The SMILES string of the molecule is BC1C2CCCCCCCB2B2CCCCCCCN2C1C. The molecule has 3 atom stereocenters. The van der Waals surface area contributed by atoms with Crippen molar-refractivity contribution in [1.29, 1.82) is 0 Å². The maximum atomic E-state index is 2.98. The minimum absolute atomic E-state index is 0.824. The summed E-state index contributed by atoms with van der Waals surface area (Å²) < 4.78 is 0. The molecule has 3 aliphatic rings. The summed E-state index contributed by atoms with van der Waals surface area (Å²) in [5, 5.41) is 0. The summed E-state index contributed by atoms with van der Waals surface area (Å²) in [4.78, 5) is 2.98. The molecule has 0 aromatic carbocycles. The Morgan fingerprint density at radius 2 is 1.45 bits per heavy atom. The van der Waals surface area contributed by atoms with Gasteiger partial charge in [0.2, 0.25) is 0 Å². The molecular formula is C18H36B3N. The lowest BCUT2D eigenvalue weighted by atomic mass is 9.04. The van der Waals surface area contributed by atoms with Crippen molar-refractivity contribution < 1.29 is 0 Å². The van der Waals surface area contributed by atoms with E-state index in [4.69, 9.17) is 0 Å². The summed E-state index contributed by atoms with van der Waals surface area (Å²) in [7, 11) is 2.59. The van der Waals surface area contributed by atoms with Crippen LogP contribution < -0.4 is 0 Å². The highest BCUT2D eigenvalue weighted by Crippen LogP contribution is 2.45. The number of nitrogens with zero attached hydrogens (tertiary/aromatic N) is 1. The summed E-state index contributed by atoms with van der Waals surface area (Å²) >= 11 is 0. The zero-order valence-electron chi connectivity index (χ0n) is 15.2. The van der Waals surface area contributed by atoms with E-state index >= 15 is 0 Å². The van der Waals surface area contributed by atoms with E-state index in [1.165, 1.54) is 89.8 Å². The normalized spacial score (nSPS) is 36.0. The van der Waals surface area contributed by atoms with Crippen molar-refractivity contribution in [2.75, 3.05) is 6.54 Å². The van der Waals surface area contributed by atoms with E-state index in [0.29, 0.717) is 0 Å². The summed E-state index contributed by atoms with van der Waals surface area (Å²) in [5.41, 5.74) is 0. The molecule has 3 saturated heterocycles. The first-order chi connectivity index (χ1) is 10.8. The van der Waals surface area contributed by atoms with Crippen molar-refractivity contribution in [2.45, 2.75) is 108 Å². The second-order valence-corrected chi connectivity index (χ2v) is 8.63. The average Bonchev–Trinajstić information content (AvgIpc) is 2.72. The van der Waals surface area contributed by atoms with E-state index in [1.807, 2.05) is 0 Å². The quantitative estimate of drug-likeness (QED) is 0.600. The predicted octanol–water partition coefficient (Wildman–Crippen LogP) is 4.37. The largest absolute Gasteiger partial charge is 0.347 e. The third-order valence-electron chi connectivity index (χ3n) is 7.42. The molecule has 0 N–H and O–H groups in total. The fraction of sp³-hybridized carbons (Fsp3) is 1.00. The third kappa shape index (κ3) is 3.79. The highest BCUT2D eigenvalue weighted by atomic mass is 15.1. The molecule has 0 aliphatic carbocycles. The number of hydrogen-bond acceptors (Lipinski definition) is 1. The molecule has 3 unspecified atom stereocenters. The van der Waals surface area contributed by atoms with Crippen LogP contribution in [0.15, 0.2) is 0 Å². The monoisotopic (exact) mass is 299 g/mol. The van der Waals surface area contributed by atoms with Gasteiger partial charge in [-0.25, -0.2) is 0 Å². The number of fused-ring (bicyclic) bond motifs is 3. The lowest BCUT2D eigenvalue weighted by Gasteiger charge is -2.51. The van der Waals surface area contributed by atoms with Crippen LogP contribution in [0.5, 0.6) is 0 Å². The Hall–Kier alpha value is 0.155. The van der Waals surface area contributed by atoms with Crippen molar-refractivity contribution in [3.05, 3.63) is 0 Å².